The summed E-state index contributed by atoms with van der Waals surface area (Å²) in [5, 5.41) is 0. The zero-order valence-electron chi connectivity index (χ0n) is 11.9. The molecular weight excluding hydrogens is 254 g/mol. The lowest BCUT2D eigenvalue weighted by atomic mass is 9.68. The van der Waals surface area contributed by atoms with E-state index in [-0.39, 0.29) is 47.2 Å². The number of rotatable bonds is 5. The topological polar surface area (TPSA) is 49.9 Å². The molecule has 0 aromatic heterocycles. The number of epoxide rings is 1. The van der Waals surface area contributed by atoms with Crippen LogP contribution in [0.1, 0.15) is 32.6 Å². The van der Waals surface area contributed by atoms with E-state index < -0.39 is 0 Å². The Hall–Kier alpha value is -1.16. The fourth-order valence-corrected chi connectivity index (χ4v) is 5.22. The Labute approximate surface area is 119 Å². The van der Waals surface area contributed by atoms with Crippen molar-refractivity contribution in [2.24, 2.45) is 23.2 Å². The van der Waals surface area contributed by atoms with Crippen LogP contribution < -0.4 is 0 Å². The van der Waals surface area contributed by atoms with E-state index in [9.17, 15) is 9.59 Å². The molecule has 20 heavy (non-hydrogen) atoms. The highest BCUT2D eigenvalue weighted by atomic mass is 16.6. The molecule has 2 saturated heterocycles. The van der Waals surface area contributed by atoms with Crippen LogP contribution in [0.2, 0.25) is 0 Å². The van der Waals surface area contributed by atoms with E-state index in [1.807, 2.05) is 0 Å². The molecule has 6 atom stereocenters. The maximum Gasteiger partial charge on any atom is 0.234 e. The fraction of sp³-hybridized carbons (Fsp3) is 0.750. The van der Waals surface area contributed by atoms with Crippen molar-refractivity contribution in [3.8, 4) is 0 Å². The Morgan fingerprint density at radius 1 is 1.45 bits per heavy atom. The van der Waals surface area contributed by atoms with Crippen LogP contribution in [0, 0.1) is 23.2 Å². The molecular formula is C16H21NO3. The zero-order valence-corrected chi connectivity index (χ0v) is 11.9. The van der Waals surface area contributed by atoms with Gasteiger partial charge in [-0.05, 0) is 12.8 Å². The number of amides is 2. The van der Waals surface area contributed by atoms with E-state index >= 15 is 0 Å². The highest BCUT2D eigenvalue weighted by molar-refractivity contribution is 6.06. The van der Waals surface area contributed by atoms with Crippen LogP contribution in [0.3, 0.4) is 0 Å². The number of likely N-dealkylation sites (tertiary alicyclic amines) is 1. The standard InChI is InChI=1S/C16H21NO3/c1-3-5-6-16-8-9(12-13(16)20-12)10-11(16)15(19)17(7-4-2)14(10)18/h4,9-13H,2-3,5-8H2,1H3. The van der Waals surface area contributed by atoms with Gasteiger partial charge in [0.2, 0.25) is 11.8 Å². The summed E-state index contributed by atoms with van der Waals surface area (Å²) in [5.74, 6) is 0.121. The summed E-state index contributed by atoms with van der Waals surface area (Å²) in [6, 6.07) is 0. The predicted octanol–water partition coefficient (Wildman–Crippen LogP) is 1.75. The van der Waals surface area contributed by atoms with Gasteiger partial charge in [0.25, 0.3) is 0 Å². The average Bonchev–Trinajstić information content (AvgIpc) is 3.04. The highest BCUT2D eigenvalue weighted by Gasteiger charge is 2.79. The van der Waals surface area contributed by atoms with Crippen molar-refractivity contribution in [2.45, 2.75) is 44.8 Å². The third-order valence-electron chi connectivity index (χ3n) is 5.96. The molecule has 0 N–H and O–H groups in total. The van der Waals surface area contributed by atoms with Crippen molar-refractivity contribution >= 4 is 11.8 Å². The first-order chi connectivity index (χ1) is 9.65. The van der Waals surface area contributed by atoms with Crippen molar-refractivity contribution in [3.05, 3.63) is 12.7 Å². The van der Waals surface area contributed by atoms with Crippen LogP contribution in [0.5, 0.6) is 0 Å². The van der Waals surface area contributed by atoms with Gasteiger partial charge in [-0.2, -0.15) is 0 Å². The van der Waals surface area contributed by atoms with Gasteiger partial charge in [-0.25, -0.2) is 0 Å². The molecule has 0 spiro atoms. The van der Waals surface area contributed by atoms with Gasteiger partial charge in [0.15, 0.2) is 0 Å². The summed E-state index contributed by atoms with van der Waals surface area (Å²) in [7, 11) is 0. The van der Waals surface area contributed by atoms with Crippen LogP contribution in [0.25, 0.3) is 0 Å². The number of ether oxygens (including phenoxy) is 1. The molecule has 0 aromatic rings. The molecule has 6 unspecified atom stereocenters. The van der Waals surface area contributed by atoms with Crippen LogP contribution in [0.15, 0.2) is 12.7 Å². The summed E-state index contributed by atoms with van der Waals surface area (Å²) in [4.78, 5) is 26.7. The van der Waals surface area contributed by atoms with Gasteiger partial charge in [-0.15, -0.1) is 6.58 Å². The van der Waals surface area contributed by atoms with Gasteiger partial charge in [0, 0.05) is 17.9 Å². The number of carbonyl (C=O) groups is 2. The van der Waals surface area contributed by atoms with Crippen molar-refractivity contribution in [1.29, 1.82) is 0 Å². The molecule has 2 heterocycles. The maximum atomic E-state index is 12.7. The van der Waals surface area contributed by atoms with E-state index in [0.717, 1.165) is 25.7 Å². The summed E-state index contributed by atoms with van der Waals surface area (Å²) in [6.45, 7) is 6.19. The van der Waals surface area contributed by atoms with E-state index in [1.165, 1.54) is 4.90 Å². The van der Waals surface area contributed by atoms with Gasteiger partial charge in [0.05, 0.1) is 24.0 Å². The maximum absolute atomic E-state index is 12.7. The normalized spacial score (nSPS) is 47.6. The first-order valence-corrected chi connectivity index (χ1v) is 7.77. The Morgan fingerprint density at radius 3 is 2.95 bits per heavy atom. The zero-order chi connectivity index (χ0) is 14.1. The largest absolute Gasteiger partial charge is 0.369 e. The van der Waals surface area contributed by atoms with Crippen LogP contribution in [0.4, 0.5) is 0 Å². The number of hydrogen-bond acceptors (Lipinski definition) is 3. The lowest BCUT2D eigenvalue weighted by Crippen LogP contribution is -2.40. The molecule has 4 heteroatoms. The summed E-state index contributed by atoms with van der Waals surface area (Å²) >= 11 is 0. The molecule has 2 aliphatic heterocycles. The SMILES string of the molecule is C=CCN1C(=O)C2C3CC(CCCC)(C4OC34)C2C1=O. The van der Waals surface area contributed by atoms with Gasteiger partial charge in [-0.3, -0.25) is 14.5 Å². The molecule has 2 aliphatic carbocycles. The summed E-state index contributed by atoms with van der Waals surface area (Å²) in [5.41, 5.74) is -0.0430. The Balaban J connectivity index is 1.70. The molecule has 108 valence electrons. The van der Waals surface area contributed by atoms with Gasteiger partial charge in [-0.1, -0.05) is 25.8 Å². The smallest absolute Gasteiger partial charge is 0.234 e. The first-order valence-electron chi connectivity index (χ1n) is 7.77. The lowest BCUT2D eigenvalue weighted by Gasteiger charge is -2.32. The van der Waals surface area contributed by atoms with Crippen molar-refractivity contribution < 1.29 is 14.3 Å². The number of fused-ring (bicyclic) bond motifs is 8. The van der Waals surface area contributed by atoms with Crippen LogP contribution in [-0.4, -0.2) is 35.5 Å². The molecule has 4 nitrogen and oxygen atoms in total. The van der Waals surface area contributed by atoms with E-state index in [1.54, 1.807) is 6.08 Å². The van der Waals surface area contributed by atoms with Crippen LogP contribution >= 0.6 is 0 Å². The third kappa shape index (κ3) is 1.26. The molecule has 2 amide bonds. The van der Waals surface area contributed by atoms with E-state index in [4.69, 9.17) is 4.74 Å². The number of nitrogens with zero attached hydrogens (tertiary/aromatic N) is 1. The Kier molecular flexibility index (Phi) is 2.48. The third-order valence-corrected chi connectivity index (χ3v) is 5.96. The average molecular weight is 275 g/mol. The minimum atomic E-state index is -0.116. The monoisotopic (exact) mass is 275 g/mol. The Bertz CT molecular complexity index is 502. The molecule has 4 rings (SSSR count). The quantitative estimate of drug-likeness (QED) is 0.436. The van der Waals surface area contributed by atoms with Gasteiger partial charge < -0.3 is 4.74 Å². The number of hydrogen-bond donors (Lipinski definition) is 0. The molecule has 2 bridgehead atoms. The summed E-state index contributed by atoms with van der Waals surface area (Å²) in [6.07, 6.45) is 6.45. The molecule has 4 aliphatic rings. The van der Waals surface area contributed by atoms with Gasteiger partial charge in [0.1, 0.15) is 0 Å². The second-order valence-electron chi connectivity index (χ2n) is 6.81. The van der Waals surface area contributed by atoms with E-state index in [0.29, 0.717) is 6.54 Å². The number of imide groups is 1. The number of carbonyl (C=O) groups excluding carboxylic acids is 2. The molecule has 4 fully saturated rings. The van der Waals surface area contributed by atoms with Gasteiger partial charge >= 0.3 is 0 Å². The van der Waals surface area contributed by atoms with Crippen molar-refractivity contribution in [3.63, 3.8) is 0 Å². The van der Waals surface area contributed by atoms with Crippen molar-refractivity contribution in [2.75, 3.05) is 6.54 Å². The minimum absolute atomic E-state index is 0.0252. The summed E-state index contributed by atoms with van der Waals surface area (Å²) < 4.78 is 5.83. The molecule has 0 aromatic carbocycles. The highest BCUT2D eigenvalue weighted by Crippen LogP contribution is 2.72. The minimum Gasteiger partial charge on any atom is -0.369 e. The van der Waals surface area contributed by atoms with Crippen molar-refractivity contribution in [1.82, 2.24) is 4.90 Å². The second-order valence-corrected chi connectivity index (χ2v) is 6.81. The molecule has 0 radical (unpaired) electrons. The fourth-order valence-electron chi connectivity index (χ4n) is 5.22. The number of unbranched alkanes of at least 4 members (excludes halogenated alkanes) is 1. The van der Waals surface area contributed by atoms with Crippen LogP contribution in [-0.2, 0) is 14.3 Å². The second kappa shape index (κ2) is 3.94. The lowest BCUT2D eigenvalue weighted by molar-refractivity contribution is -0.141. The molecule has 2 saturated carbocycles. The predicted molar refractivity (Wildman–Crippen MR) is 72.6 cm³/mol. The Morgan fingerprint density at radius 2 is 2.25 bits per heavy atom. The van der Waals surface area contributed by atoms with E-state index in [2.05, 4.69) is 13.5 Å². The first kappa shape index (κ1) is 12.6.